The highest BCUT2D eigenvalue weighted by atomic mass is 16.5. The summed E-state index contributed by atoms with van der Waals surface area (Å²) in [6.07, 6.45) is -0.0111. The highest BCUT2D eigenvalue weighted by Crippen LogP contribution is 2.08. The van der Waals surface area contributed by atoms with Crippen LogP contribution in [-0.2, 0) is 16.1 Å². The van der Waals surface area contributed by atoms with E-state index in [0.717, 1.165) is 0 Å². The lowest BCUT2D eigenvalue weighted by Crippen LogP contribution is -2.25. The molecule has 132 valence electrons. The van der Waals surface area contributed by atoms with Gasteiger partial charge in [0.15, 0.2) is 12.4 Å². The van der Waals surface area contributed by atoms with Crippen LogP contribution in [-0.4, -0.2) is 27.9 Å². The van der Waals surface area contributed by atoms with Gasteiger partial charge in [-0.3, -0.25) is 19.0 Å². The predicted molar refractivity (Wildman–Crippen MR) is 97.1 cm³/mol. The van der Waals surface area contributed by atoms with Crippen LogP contribution in [0.25, 0.3) is 10.9 Å². The highest BCUT2D eigenvalue weighted by molar-refractivity contribution is 5.97. The second-order valence-electron chi connectivity index (χ2n) is 5.83. The first-order chi connectivity index (χ1) is 12.6. The molecule has 0 N–H and O–H groups in total. The Morgan fingerprint density at radius 3 is 2.50 bits per heavy atom. The van der Waals surface area contributed by atoms with Crippen molar-refractivity contribution < 1.29 is 14.3 Å². The zero-order valence-corrected chi connectivity index (χ0v) is 14.3. The van der Waals surface area contributed by atoms with E-state index in [4.69, 9.17) is 4.74 Å². The molecule has 0 aliphatic heterocycles. The third kappa shape index (κ3) is 3.85. The molecule has 0 bridgehead atoms. The third-order valence-corrected chi connectivity index (χ3v) is 4.05. The first kappa shape index (κ1) is 17.5. The van der Waals surface area contributed by atoms with E-state index in [2.05, 4.69) is 4.98 Å². The molecule has 0 aliphatic carbocycles. The first-order valence-electron chi connectivity index (χ1n) is 8.26. The number of esters is 1. The van der Waals surface area contributed by atoms with Crippen LogP contribution in [0.3, 0.4) is 0 Å². The summed E-state index contributed by atoms with van der Waals surface area (Å²) in [4.78, 5) is 40.8. The fraction of sp³-hybridized carbons (Fsp3) is 0.200. The predicted octanol–water partition coefficient (Wildman–Crippen LogP) is 2.52. The lowest BCUT2D eigenvalue weighted by Gasteiger charge is -2.10. The Morgan fingerprint density at radius 2 is 1.73 bits per heavy atom. The van der Waals surface area contributed by atoms with Crippen molar-refractivity contribution in [3.05, 3.63) is 76.3 Å². The summed E-state index contributed by atoms with van der Waals surface area (Å²) in [6, 6.07) is 15.7. The summed E-state index contributed by atoms with van der Waals surface area (Å²) in [5, 5.41) is 0.505. The third-order valence-electron chi connectivity index (χ3n) is 4.05. The van der Waals surface area contributed by atoms with Gasteiger partial charge in [0.05, 0.1) is 17.3 Å². The SMILES string of the molecule is Cc1nc2ccccc2c(=O)n1CCC(=O)OCC(=O)c1ccccc1. The molecule has 0 saturated heterocycles. The Morgan fingerprint density at radius 1 is 1.04 bits per heavy atom. The molecule has 2 aromatic carbocycles. The normalized spacial score (nSPS) is 10.7. The molecule has 3 rings (SSSR count). The number of ether oxygens (including phenoxy) is 1. The largest absolute Gasteiger partial charge is 0.457 e. The Bertz CT molecular complexity index is 1010. The van der Waals surface area contributed by atoms with Crippen molar-refractivity contribution in [3.63, 3.8) is 0 Å². The number of aromatic nitrogens is 2. The van der Waals surface area contributed by atoms with Crippen molar-refractivity contribution in [1.82, 2.24) is 9.55 Å². The maximum absolute atomic E-state index is 12.5. The maximum atomic E-state index is 12.5. The Kier molecular flexibility index (Phi) is 5.22. The van der Waals surface area contributed by atoms with Gasteiger partial charge in [0.1, 0.15) is 5.82 Å². The zero-order chi connectivity index (χ0) is 18.5. The van der Waals surface area contributed by atoms with Crippen LogP contribution >= 0.6 is 0 Å². The van der Waals surface area contributed by atoms with E-state index in [9.17, 15) is 14.4 Å². The summed E-state index contributed by atoms with van der Waals surface area (Å²) >= 11 is 0. The number of carbonyl (C=O) groups is 2. The topological polar surface area (TPSA) is 78.3 Å². The molecule has 0 radical (unpaired) electrons. The van der Waals surface area contributed by atoms with Gasteiger partial charge in [-0.05, 0) is 19.1 Å². The molecule has 0 amide bonds. The van der Waals surface area contributed by atoms with Crippen LogP contribution in [0.4, 0.5) is 0 Å². The number of rotatable bonds is 6. The standard InChI is InChI=1S/C20H18N2O4/c1-14-21-17-10-6-5-9-16(17)20(25)22(14)12-11-19(24)26-13-18(23)15-7-3-2-4-8-15/h2-10H,11-13H2,1H3. The van der Waals surface area contributed by atoms with Crippen LogP contribution in [0.5, 0.6) is 0 Å². The minimum Gasteiger partial charge on any atom is -0.457 e. The molecule has 3 aromatic rings. The van der Waals surface area contributed by atoms with E-state index in [-0.39, 0.29) is 30.9 Å². The summed E-state index contributed by atoms with van der Waals surface area (Å²) in [5.74, 6) is -0.268. The molecule has 0 saturated carbocycles. The van der Waals surface area contributed by atoms with Gasteiger partial charge in [0.25, 0.3) is 5.56 Å². The molecule has 0 unspecified atom stereocenters. The summed E-state index contributed by atoms with van der Waals surface area (Å²) in [6.45, 7) is 1.56. The molecule has 0 atom stereocenters. The van der Waals surface area contributed by atoms with Gasteiger partial charge in [0, 0.05) is 12.1 Å². The summed E-state index contributed by atoms with van der Waals surface area (Å²) in [5.41, 5.74) is 0.926. The average Bonchev–Trinajstić information content (AvgIpc) is 2.66. The highest BCUT2D eigenvalue weighted by Gasteiger charge is 2.12. The number of benzene rings is 2. The van der Waals surface area contributed by atoms with Gasteiger partial charge in [-0.1, -0.05) is 42.5 Å². The van der Waals surface area contributed by atoms with Crippen molar-refractivity contribution in [2.24, 2.45) is 0 Å². The van der Waals surface area contributed by atoms with Crippen LogP contribution in [0.2, 0.25) is 0 Å². The number of ketones is 1. The molecule has 0 aliphatic rings. The molecule has 0 spiro atoms. The second-order valence-corrected chi connectivity index (χ2v) is 5.83. The Balaban J connectivity index is 1.62. The number of aryl methyl sites for hydroxylation is 1. The quantitative estimate of drug-likeness (QED) is 0.504. The fourth-order valence-electron chi connectivity index (χ4n) is 2.67. The second kappa shape index (κ2) is 7.74. The van der Waals surface area contributed by atoms with Gasteiger partial charge in [-0.15, -0.1) is 0 Å². The number of para-hydroxylation sites is 1. The van der Waals surface area contributed by atoms with E-state index in [1.807, 2.05) is 6.07 Å². The van der Waals surface area contributed by atoms with Crippen molar-refractivity contribution in [2.45, 2.75) is 19.9 Å². The van der Waals surface area contributed by atoms with Crippen LogP contribution in [0.15, 0.2) is 59.4 Å². The molecule has 1 heterocycles. The number of carbonyl (C=O) groups excluding carboxylic acids is 2. The molecule has 1 aromatic heterocycles. The van der Waals surface area contributed by atoms with Gasteiger partial charge < -0.3 is 4.74 Å². The average molecular weight is 350 g/mol. The lowest BCUT2D eigenvalue weighted by molar-refractivity contribution is -0.142. The van der Waals surface area contributed by atoms with Crippen molar-refractivity contribution in [2.75, 3.05) is 6.61 Å². The lowest BCUT2D eigenvalue weighted by atomic mass is 10.1. The molecule has 6 heteroatoms. The van der Waals surface area contributed by atoms with Gasteiger partial charge in [-0.2, -0.15) is 0 Å². The van der Waals surface area contributed by atoms with Gasteiger partial charge in [-0.25, -0.2) is 4.98 Å². The molecule has 6 nitrogen and oxygen atoms in total. The molecular formula is C20H18N2O4. The summed E-state index contributed by atoms with van der Waals surface area (Å²) in [7, 11) is 0. The van der Waals surface area contributed by atoms with E-state index < -0.39 is 5.97 Å². The fourth-order valence-corrected chi connectivity index (χ4v) is 2.67. The van der Waals surface area contributed by atoms with E-state index >= 15 is 0 Å². The van der Waals surface area contributed by atoms with Crippen LogP contribution in [0, 0.1) is 6.92 Å². The van der Waals surface area contributed by atoms with Crippen LogP contribution in [0.1, 0.15) is 22.6 Å². The Labute approximate surface area is 150 Å². The van der Waals surface area contributed by atoms with E-state index in [1.165, 1.54) is 4.57 Å². The number of hydrogen-bond donors (Lipinski definition) is 0. The zero-order valence-electron chi connectivity index (χ0n) is 14.3. The van der Waals surface area contributed by atoms with Gasteiger partial charge >= 0.3 is 5.97 Å². The molecule has 26 heavy (non-hydrogen) atoms. The number of fused-ring (bicyclic) bond motifs is 1. The smallest absolute Gasteiger partial charge is 0.308 e. The number of nitrogens with zero attached hydrogens (tertiary/aromatic N) is 2. The number of Topliss-reactive ketones (excluding diaryl/α,β-unsaturated/α-hetero) is 1. The van der Waals surface area contributed by atoms with Crippen molar-refractivity contribution in [1.29, 1.82) is 0 Å². The monoisotopic (exact) mass is 350 g/mol. The first-order valence-corrected chi connectivity index (χ1v) is 8.26. The maximum Gasteiger partial charge on any atom is 0.308 e. The van der Waals surface area contributed by atoms with Crippen molar-refractivity contribution in [3.8, 4) is 0 Å². The minimum absolute atomic E-state index is 0.0111. The summed E-state index contributed by atoms with van der Waals surface area (Å²) < 4.78 is 6.47. The molecular weight excluding hydrogens is 332 g/mol. The van der Waals surface area contributed by atoms with Crippen molar-refractivity contribution >= 4 is 22.7 Å². The molecule has 0 fully saturated rings. The van der Waals surface area contributed by atoms with Crippen LogP contribution < -0.4 is 5.56 Å². The van der Waals surface area contributed by atoms with E-state index in [1.54, 1.807) is 55.5 Å². The van der Waals surface area contributed by atoms with Gasteiger partial charge in [0.2, 0.25) is 0 Å². The minimum atomic E-state index is -0.534. The van der Waals surface area contributed by atoms with E-state index in [0.29, 0.717) is 22.3 Å². The number of hydrogen-bond acceptors (Lipinski definition) is 5. The Hall–Kier alpha value is -3.28.